The highest BCUT2D eigenvalue weighted by Crippen LogP contribution is 2.35. The molecule has 0 saturated heterocycles. The molecule has 1 nitrogen and oxygen atoms in total. The van der Waals surface area contributed by atoms with Crippen molar-refractivity contribution in [3.05, 3.63) is 34.9 Å². The first-order chi connectivity index (χ1) is 10.2. The molecule has 1 saturated carbocycles. The van der Waals surface area contributed by atoms with Crippen LogP contribution in [0, 0.1) is 25.7 Å². The summed E-state index contributed by atoms with van der Waals surface area (Å²) in [6.07, 6.45) is 8.26. The maximum absolute atomic E-state index is 3.80. The van der Waals surface area contributed by atoms with Crippen molar-refractivity contribution in [2.75, 3.05) is 6.54 Å². The van der Waals surface area contributed by atoms with Crippen molar-refractivity contribution < 1.29 is 0 Å². The Balaban J connectivity index is 2.11. The molecule has 1 aliphatic rings. The van der Waals surface area contributed by atoms with E-state index in [0.717, 1.165) is 18.4 Å². The lowest BCUT2D eigenvalue weighted by atomic mass is 9.72. The molecule has 1 fully saturated rings. The van der Waals surface area contributed by atoms with Gasteiger partial charge in [0.25, 0.3) is 0 Å². The zero-order valence-corrected chi connectivity index (χ0v) is 14.4. The summed E-state index contributed by atoms with van der Waals surface area (Å²) in [5.74, 6) is 1.79. The molecule has 0 radical (unpaired) electrons. The van der Waals surface area contributed by atoms with E-state index in [-0.39, 0.29) is 0 Å². The first kappa shape index (κ1) is 16.5. The molecule has 0 aliphatic heterocycles. The third-order valence-electron chi connectivity index (χ3n) is 5.50. The van der Waals surface area contributed by atoms with Crippen molar-refractivity contribution >= 4 is 0 Å². The predicted octanol–water partition coefficient (Wildman–Crippen LogP) is 5.04. The second-order valence-corrected chi connectivity index (χ2v) is 6.90. The van der Waals surface area contributed by atoms with Crippen LogP contribution in [0.4, 0.5) is 0 Å². The first-order valence-electron chi connectivity index (χ1n) is 8.95. The SMILES string of the molecule is CCNC(Cc1ccc(C)c(C)c1)C1CCCCC1CC. The van der Waals surface area contributed by atoms with Gasteiger partial charge in [-0.15, -0.1) is 0 Å². The number of benzene rings is 1. The van der Waals surface area contributed by atoms with Crippen LogP contribution in [0.5, 0.6) is 0 Å². The minimum atomic E-state index is 0.655. The third kappa shape index (κ3) is 4.32. The molecule has 3 atom stereocenters. The van der Waals surface area contributed by atoms with E-state index >= 15 is 0 Å². The fraction of sp³-hybridized carbons (Fsp3) is 0.700. The van der Waals surface area contributed by atoms with Crippen molar-refractivity contribution in [1.29, 1.82) is 0 Å². The van der Waals surface area contributed by atoms with Gasteiger partial charge >= 0.3 is 0 Å². The van der Waals surface area contributed by atoms with Crippen LogP contribution in [-0.2, 0) is 6.42 Å². The Bertz CT molecular complexity index is 437. The van der Waals surface area contributed by atoms with Crippen LogP contribution in [0.1, 0.15) is 62.6 Å². The standard InChI is InChI=1S/C20H33N/c1-5-18-9-7-8-10-19(18)20(21-6-2)14-17-12-11-15(3)16(4)13-17/h11-13,18-21H,5-10,14H2,1-4H3. The van der Waals surface area contributed by atoms with Gasteiger partial charge in [-0.05, 0) is 61.8 Å². The average Bonchev–Trinajstić information content (AvgIpc) is 2.50. The minimum Gasteiger partial charge on any atom is -0.314 e. The average molecular weight is 287 g/mol. The molecule has 2 rings (SSSR count). The summed E-state index contributed by atoms with van der Waals surface area (Å²) < 4.78 is 0. The van der Waals surface area contributed by atoms with Crippen LogP contribution < -0.4 is 5.32 Å². The second kappa shape index (κ2) is 7.98. The van der Waals surface area contributed by atoms with Crippen molar-refractivity contribution in [2.45, 2.75) is 72.3 Å². The largest absolute Gasteiger partial charge is 0.314 e. The van der Waals surface area contributed by atoms with E-state index in [0.29, 0.717) is 6.04 Å². The van der Waals surface area contributed by atoms with Crippen molar-refractivity contribution in [1.82, 2.24) is 5.32 Å². The Labute approximate surface area is 131 Å². The third-order valence-corrected chi connectivity index (χ3v) is 5.50. The zero-order valence-electron chi connectivity index (χ0n) is 14.4. The fourth-order valence-electron chi connectivity index (χ4n) is 4.09. The van der Waals surface area contributed by atoms with Crippen molar-refractivity contribution in [3.63, 3.8) is 0 Å². The number of rotatable bonds is 6. The summed E-state index contributed by atoms with van der Waals surface area (Å²) in [5.41, 5.74) is 4.34. The highest BCUT2D eigenvalue weighted by molar-refractivity contribution is 5.30. The van der Waals surface area contributed by atoms with Crippen LogP contribution in [0.15, 0.2) is 18.2 Å². The molecule has 0 bridgehead atoms. The van der Waals surface area contributed by atoms with Gasteiger partial charge in [-0.1, -0.05) is 57.7 Å². The molecule has 0 amide bonds. The summed E-state index contributed by atoms with van der Waals surface area (Å²) in [7, 11) is 0. The Hall–Kier alpha value is -0.820. The molecule has 1 aromatic carbocycles. The van der Waals surface area contributed by atoms with Crippen LogP contribution >= 0.6 is 0 Å². The van der Waals surface area contributed by atoms with Gasteiger partial charge in [0.15, 0.2) is 0 Å². The van der Waals surface area contributed by atoms with Crippen LogP contribution in [-0.4, -0.2) is 12.6 Å². The van der Waals surface area contributed by atoms with Gasteiger partial charge in [0.05, 0.1) is 0 Å². The van der Waals surface area contributed by atoms with Crippen molar-refractivity contribution in [3.8, 4) is 0 Å². The normalized spacial score (nSPS) is 24.0. The van der Waals surface area contributed by atoms with E-state index in [2.05, 4.69) is 51.2 Å². The highest BCUT2D eigenvalue weighted by Gasteiger charge is 2.30. The smallest absolute Gasteiger partial charge is 0.0138 e. The van der Waals surface area contributed by atoms with Crippen LogP contribution in [0.2, 0.25) is 0 Å². The van der Waals surface area contributed by atoms with E-state index in [1.807, 2.05) is 0 Å². The lowest BCUT2D eigenvalue weighted by Crippen LogP contribution is -2.42. The van der Waals surface area contributed by atoms with Crippen molar-refractivity contribution in [2.24, 2.45) is 11.8 Å². The summed E-state index contributed by atoms with van der Waals surface area (Å²) in [4.78, 5) is 0. The molecular formula is C20H33N. The Morgan fingerprint density at radius 2 is 1.86 bits per heavy atom. The molecule has 21 heavy (non-hydrogen) atoms. The van der Waals surface area contributed by atoms with E-state index in [1.54, 1.807) is 0 Å². The molecule has 0 heterocycles. The van der Waals surface area contributed by atoms with Gasteiger partial charge in [0.1, 0.15) is 0 Å². The first-order valence-corrected chi connectivity index (χ1v) is 8.95. The molecule has 1 heteroatoms. The maximum atomic E-state index is 3.80. The molecule has 1 aliphatic carbocycles. The Morgan fingerprint density at radius 3 is 2.52 bits per heavy atom. The quantitative estimate of drug-likeness (QED) is 0.773. The molecular weight excluding hydrogens is 254 g/mol. The van der Waals surface area contributed by atoms with E-state index in [1.165, 1.54) is 55.2 Å². The second-order valence-electron chi connectivity index (χ2n) is 6.90. The van der Waals surface area contributed by atoms with Gasteiger partial charge < -0.3 is 5.32 Å². The number of likely N-dealkylation sites (N-methyl/N-ethyl adjacent to an activating group) is 1. The predicted molar refractivity (Wildman–Crippen MR) is 92.8 cm³/mol. The van der Waals surface area contributed by atoms with Gasteiger partial charge in [0, 0.05) is 6.04 Å². The highest BCUT2D eigenvalue weighted by atomic mass is 14.9. The monoisotopic (exact) mass is 287 g/mol. The lowest BCUT2D eigenvalue weighted by Gasteiger charge is -2.37. The molecule has 0 spiro atoms. The molecule has 3 unspecified atom stereocenters. The number of aryl methyl sites for hydroxylation is 2. The topological polar surface area (TPSA) is 12.0 Å². The number of hydrogen-bond acceptors (Lipinski definition) is 1. The maximum Gasteiger partial charge on any atom is 0.0138 e. The number of nitrogens with one attached hydrogen (secondary N) is 1. The zero-order chi connectivity index (χ0) is 15.2. The van der Waals surface area contributed by atoms with Crippen LogP contribution in [0.25, 0.3) is 0 Å². The van der Waals surface area contributed by atoms with Gasteiger partial charge in [-0.3, -0.25) is 0 Å². The molecule has 1 aromatic rings. The van der Waals surface area contributed by atoms with Gasteiger partial charge in [-0.2, -0.15) is 0 Å². The van der Waals surface area contributed by atoms with Gasteiger partial charge in [-0.25, -0.2) is 0 Å². The summed E-state index contributed by atoms with van der Waals surface area (Å²) in [6, 6.07) is 7.66. The Morgan fingerprint density at radius 1 is 1.10 bits per heavy atom. The summed E-state index contributed by atoms with van der Waals surface area (Å²) >= 11 is 0. The Kier molecular flexibility index (Phi) is 6.29. The molecule has 1 N–H and O–H groups in total. The molecule has 118 valence electrons. The van der Waals surface area contributed by atoms with E-state index in [9.17, 15) is 0 Å². The lowest BCUT2D eigenvalue weighted by molar-refractivity contribution is 0.175. The number of hydrogen-bond donors (Lipinski definition) is 1. The molecule has 0 aromatic heterocycles. The summed E-state index contributed by atoms with van der Waals surface area (Å²) in [5, 5.41) is 3.80. The van der Waals surface area contributed by atoms with Crippen LogP contribution in [0.3, 0.4) is 0 Å². The fourth-order valence-corrected chi connectivity index (χ4v) is 4.09. The van der Waals surface area contributed by atoms with Gasteiger partial charge in [0.2, 0.25) is 0 Å². The van der Waals surface area contributed by atoms with E-state index < -0.39 is 0 Å². The van der Waals surface area contributed by atoms with E-state index in [4.69, 9.17) is 0 Å². The summed E-state index contributed by atoms with van der Waals surface area (Å²) in [6.45, 7) is 10.1. The minimum absolute atomic E-state index is 0.655.